The number of hydrogen-bond acceptors (Lipinski definition) is 7. The number of rotatable bonds is 8. The van der Waals surface area contributed by atoms with Gasteiger partial charge in [-0.15, -0.1) is 0 Å². The second kappa shape index (κ2) is 9.66. The summed E-state index contributed by atoms with van der Waals surface area (Å²) in [6.45, 7) is 4.14. The second-order valence-electron chi connectivity index (χ2n) is 7.95. The Bertz CT molecular complexity index is 1340. The van der Waals surface area contributed by atoms with E-state index in [1.807, 2.05) is 0 Å². The molecule has 2 N–H and O–H groups in total. The monoisotopic (exact) mass is 499 g/mol. The molecule has 184 valence electrons. The Morgan fingerprint density at radius 1 is 1.09 bits per heavy atom. The van der Waals surface area contributed by atoms with Crippen molar-refractivity contribution in [1.82, 2.24) is 10.1 Å². The summed E-state index contributed by atoms with van der Waals surface area (Å²) in [5.74, 6) is 0.352. The third-order valence-corrected chi connectivity index (χ3v) is 6.99. The summed E-state index contributed by atoms with van der Waals surface area (Å²) >= 11 is 0. The fraction of sp³-hybridized carbons (Fsp3) is 0.261. The van der Waals surface area contributed by atoms with Crippen LogP contribution < -0.4 is 19.7 Å². The Kier molecular flexibility index (Phi) is 6.65. The Morgan fingerprint density at radius 3 is 2.37 bits per heavy atom. The molecule has 0 spiro atoms. The molecule has 2 heterocycles. The van der Waals surface area contributed by atoms with Gasteiger partial charge in [0.1, 0.15) is 12.3 Å². The van der Waals surface area contributed by atoms with Gasteiger partial charge in [-0.2, -0.15) is 0 Å². The number of nitrogens with zero attached hydrogens (tertiary/aromatic N) is 3. The summed E-state index contributed by atoms with van der Waals surface area (Å²) in [6, 6.07) is 12.5. The number of hydrogen-bond donors (Lipinski definition) is 2. The topological polar surface area (TPSA) is 134 Å². The lowest BCUT2D eigenvalue weighted by Crippen LogP contribution is -2.37. The number of carbonyl (C=O) groups is 2. The van der Waals surface area contributed by atoms with Crippen LogP contribution >= 0.6 is 0 Å². The first-order valence-corrected chi connectivity index (χ1v) is 12.2. The predicted molar refractivity (Wildman–Crippen MR) is 129 cm³/mol. The third kappa shape index (κ3) is 5.22. The van der Waals surface area contributed by atoms with Crippen LogP contribution in [0.15, 0.2) is 57.9 Å². The molecule has 1 saturated heterocycles. The van der Waals surface area contributed by atoms with Crippen LogP contribution in [0.25, 0.3) is 0 Å². The Morgan fingerprint density at radius 2 is 1.77 bits per heavy atom. The number of benzene rings is 2. The summed E-state index contributed by atoms with van der Waals surface area (Å²) in [4.78, 5) is 28.3. The number of nitrogens with one attached hydrogen (secondary N) is 2. The van der Waals surface area contributed by atoms with Crippen LogP contribution in [0.3, 0.4) is 0 Å². The van der Waals surface area contributed by atoms with Crippen molar-refractivity contribution < 1.29 is 27.3 Å². The average Bonchev–Trinajstić information content (AvgIpc) is 3.35. The minimum absolute atomic E-state index is 0.00574. The molecule has 2 aromatic carbocycles. The number of aryl methyl sites for hydroxylation is 1. The highest BCUT2D eigenvalue weighted by atomic mass is 32.2. The van der Waals surface area contributed by atoms with E-state index >= 15 is 0 Å². The van der Waals surface area contributed by atoms with Gasteiger partial charge in [-0.05, 0) is 62.4 Å². The van der Waals surface area contributed by atoms with Crippen molar-refractivity contribution in [3.8, 4) is 5.75 Å². The number of aromatic nitrogens is 1. The van der Waals surface area contributed by atoms with E-state index in [2.05, 4.69) is 15.2 Å². The van der Waals surface area contributed by atoms with E-state index < -0.39 is 15.9 Å². The highest BCUT2D eigenvalue weighted by molar-refractivity contribution is 7.92. The molecule has 35 heavy (non-hydrogen) atoms. The van der Waals surface area contributed by atoms with Gasteiger partial charge >= 0.3 is 6.03 Å². The van der Waals surface area contributed by atoms with E-state index in [9.17, 15) is 18.0 Å². The normalized spacial score (nSPS) is 13.7. The summed E-state index contributed by atoms with van der Waals surface area (Å²) in [7, 11) is -2.32. The molecule has 0 unspecified atom stereocenters. The van der Waals surface area contributed by atoms with Gasteiger partial charge in [-0.25, -0.2) is 17.9 Å². The molecule has 1 aliphatic heterocycles. The maximum absolute atomic E-state index is 12.7. The van der Waals surface area contributed by atoms with Crippen LogP contribution in [0, 0.1) is 13.8 Å². The molecule has 4 rings (SSSR count). The van der Waals surface area contributed by atoms with Gasteiger partial charge in [-0.1, -0.05) is 5.16 Å². The van der Waals surface area contributed by atoms with Gasteiger partial charge in [0.15, 0.2) is 0 Å². The number of sulfonamides is 1. The van der Waals surface area contributed by atoms with Crippen molar-refractivity contribution in [1.29, 1.82) is 0 Å². The predicted octanol–water partition coefficient (Wildman–Crippen LogP) is 2.98. The standard InChI is InChI=1S/C23H25N5O6S/c1-15-16(2)25-34-22(15)26-35(31,32)20-10-4-17(5-11-20)24-21(29)14-27-12-13-28(23(27)30)18-6-8-19(33-3)9-7-18/h4-11,26H,12-14H2,1-3H3,(H,24,29). The van der Waals surface area contributed by atoms with Crippen LogP contribution in [0.4, 0.5) is 22.1 Å². The van der Waals surface area contributed by atoms with Crippen molar-refractivity contribution >= 4 is 39.2 Å². The van der Waals surface area contributed by atoms with Crippen LogP contribution in [0.2, 0.25) is 0 Å². The molecule has 3 amide bonds. The number of methoxy groups -OCH3 is 1. The lowest BCUT2D eigenvalue weighted by molar-refractivity contribution is -0.116. The number of anilines is 3. The Hall–Kier alpha value is -4.06. The molecule has 0 bridgehead atoms. The van der Waals surface area contributed by atoms with Crippen molar-refractivity contribution in [3.63, 3.8) is 0 Å². The quantitative estimate of drug-likeness (QED) is 0.487. The molecule has 0 saturated carbocycles. The molecule has 1 aromatic heterocycles. The Labute approximate surface area is 202 Å². The Balaban J connectivity index is 1.34. The van der Waals surface area contributed by atoms with Crippen LogP contribution in [-0.2, 0) is 14.8 Å². The highest BCUT2D eigenvalue weighted by Gasteiger charge is 2.31. The third-order valence-electron chi connectivity index (χ3n) is 5.65. The minimum atomic E-state index is -3.89. The fourth-order valence-corrected chi connectivity index (χ4v) is 4.56. The first-order chi connectivity index (χ1) is 16.7. The van der Waals surface area contributed by atoms with E-state index in [1.165, 1.54) is 29.2 Å². The summed E-state index contributed by atoms with van der Waals surface area (Å²) in [5, 5.41) is 6.42. The van der Waals surface area contributed by atoms with Crippen LogP contribution in [0.5, 0.6) is 5.75 Å². The first-order valence-electron chi connectivity index (χ1n) is 10.7. The zero-order valence-corrected chi connectivity index (χ0v) is 20.3. The van der Waals surface area contributed by atoms with Crippen molar-refractivity contribution in [3.05, 3.63) is 59.8 Å². The van der Waals surface area contributed by atoms with Crippen LogP contribution in [-0.4, -0.2) is 57.2 Å². The van der Waals surface area contributed by atoms with Gasteiger partial charge in [0, 0.05) is 30.0 Å². The van der Waals surface area contributed by atoms with E-state index in [1.54, 1.807) is 50.1 Å². The number of carbonyl (C=O) groups excluding carboxylic acids is 2. The zero-order valence-electron chi connectivity index (χ0n) is 19.4. The van der Waals surface area contributed by atoms with Crippen molar-refractivity contribution in [2.45, 2.75) is 18.7 Å². The van der Waals surface area contributed by atoms with Gasteiger partial charge in [0.05, 0.1) is 17.7 Å². The molecule has 1 aliphatic rings. The molecule has 0 radical (unpaired) electrons. The average molecular weight is 500 g/mol. The number of urea groups is 1. The van der Waals surface area contributed by atoms with Gasteiger partial charge in [0.2, 0.25) is 11.8 Å². The van der Waals surface area contributed by atoms with E-state index in [0.717, 1.165) is 5.69 Å². The summed E-state index contributed by atoms with van der Waals surface area (Å²) in [6.07, 6.45) is 0. The van der Waals surface area contributed by atoms with Gasteiger partial charge in [0.25, 0.3) is 10.0 Å². The number of amides is 3. The summed E-state index contributed by atoms with van der Waals surface area (Å²) in [5.41, 5.74) is 2.31. The lowest BCUT2D eigenvalue weighted by atomic mass is 10.3. The molecular weight excluding hydrogens is 474 g/mol. The number of ether oxygens (including phenoxy) is 1. The highest BCUT2D eigenvalue weighted by Crippen LogP contribution is 2.24. The van der Waals surface area contributed by atoms with Crippen molar-refractivity contribution in [2.75, 3.05) is 41.7 Å². The van der Waals surface area contributed by atoms with E-state index in [-0.39, 0.29) is 23.4 Å². The molecule has 3 aromatic rings. The maximum Gasteiger partial charge on any atom is 0.325 e. The maximum atomic E-state index is 12.7. The zero-order chi connectivity index (χ0) is 25.2. The van der Waals surface area contributed by atoms with E-state index in [4.69, 9.17) is 9.26 Å². The minimum Gasteiger partial charge on any atom is -0.497 e. The van der Waals surface area contributed by atoms with Gasteiger partial charge in [-0.3, -0.25) is 9.69 Å². The molecule has 11 nitrogen and oxygen atoms in total. The lowest BCUT2D eigenvalue weighted by Gasteiger charge is -2.18. The first kappa shape index (κ1) is 24.1. The van der Waals surface area contributed by atoms with E-state index in [0.29, 0.717) is 35.8 Å². The molecule has 0 atom stereocenters. The molecule has 12 heteroatoms. The molecular formula is C23H25N5O6S. The second-order valence-corrected chi connectivity index (χ2v) is 9.64. The molecule has 1 fully saturated rings. The smallest absolute Gasteiger partial charge is 0.325 e. The SMILES string of the molecule is COc1ccc(N2CCN(CC(=O)Nc3ccc(S(=O)(=O)Nc4onc(C)c4C)cc3)C2=O)cc1. The van der Waals surface area contributed by atoms with Crippen LogP contribution in [0.1, 0.15) is 11.3 Å². The van der Waals surface area contributed by atoms with Gasteiger partial charge < -0.3 is 19.5 Å². The molecule has 0 aliphatic carbocycles. The van der Waals surface area contributed by atoms with Crippen molar-refractivity contribution in [2.24, 2.45) is 0 Å². The largest absolute Gasteiger partial charge is 0.497 e. The fourth-order valence-electron chi connectivity index (χ4n) is 3.51. The summed E-state index contributed by atoms with van der Waals surface area (Å²) < 4.78 is 37.7.